The van der Waals surface area contributed by atoms with Gasteiger partial charge in [-0.25, -0.2) is 0 Å². The van der Waals surface area contributed by atoms with E-state index in [2.05, 4.69) is 42.9 Å². The number of hydrogen-bond acceptors (Lipinski definition) is 4. The highest BCUT2D eigenvalue weighted by Crippen LogP contribution is 2.30. The van der Waals surface area contributed by atoms with Gasteiger partial charge in [-0.3, -0.25) is 9.88 Å². The number of piperazine rings is 1. The van der Waals surface area contributed by atoms with Gasteiger partial charge in [0.25, 0.3) is 0 Å². The molecule has 1 aliphatic rings. The monoisotopic (exact) mass is 291 g/mol. The van der Waals surface area contributed by atoms with Gasteiger partial charge in [0.2, 0.25) is 0 Å². The molecule has 4 heteroatoms. The molecule has 4 nitrogen and oxygen atoms in total. The molecular weight excluding hydrogens is 262 g/mol. The van der Waals surface area contributed by atoms with E-state index < -0.39 is 0 Å². The molecule has 0 saturated carbocycles. The number of ether oxygens (including phenoxy) is 1. The van der Waals surface area contributed by atoms with E-state index in [0.717, 1.165) is 43.2 Å². The van der Waals surface area contributed by atoms with Crippen molar-refractivity contribution < 1.29 is 4.74 Å². The van der Waals surface area contributed by atoms with Crippen molar-refractivity contribution in [3.63, 3.8) is 0 Å². The maximum absolute atomic E-state index is 5.54. The highest BCUT2D eigenvalue weighted by molar-refractivity contribution is 5.41. The Kier molecular flexibility index (Phi) is 5.22. The molecule has 0 unspecified atom stereocenters. The van der Waals surface area contributed by atoms with E-state index in [0.29, 0.717) is 0 Å². The summed E-state index contributed by atoms with van der Waals surface area (Å²) in [5.41, 5.74) is 3.68. The van der Waals surface area contributed by atoms with Crippen LogP contribution >= 0.6 is 0 Å². The number of aromatic nitrogens is 1. The van der Waals surface area contributed by atoms with E-state index in [1.54, 1.807) is 7.11 Å². The average Bonchev–Trinajstić information content (AvgIpc) is 2.51. The predicted molar refractivity (Wildman–Crippen MR) is 86.9 cm³/mol. The third-order valence-corrected chi connectivity index (χ3v) is 5.09. The van der Waals surface area contributed by atoms with Crippen molar-refractivity contribution in [3.05, 3.63) is 23.0 Å². The minimum Gasteiger partial charge on any atom is -0.496 e. The van der Waals surface area contributed by atoms with Gasteiger partial charge in [0.15, 0.2) is 0 Å². The van der Waals surface area contributed by atoms with Crippen LogP contribution < -0.4 is 10.1 Å². The van der Waals surface area contributed by atoms with Crippen molar-refractivity contribution in [2.45, 2.75) is 52.6 Å². The summed E-state index contributed by atoms with van der Waals surface area (Å²) >= 11 is 0. The van der Waals surface area contributed by atoms with Crippen LogP contribution in [-0.4, -0.2) is 42.2 Å². The summed E-state index contributed by atoms with van der Waals surface area (Å²) in [4.78, 5) is 7.28. The minimum atomic E-state index is 0.254. The van der Waals surface area contributed by atoms with E-state index in [9.17, 15) is 0 Å². The van der Waals surface area contributed by atoms with Crippen molar-refractivity contribution in [2.24, 2.45) is 0 Å². The van der Waals surface area contributed by atoms with Gasteiger partial charge in [-0.2, -0.15) is 0 Å². The second-order valence-corrected chi connectivity index (χ2v) is 6.08. The summed E-state index contributed by atoms with van der Waals surface area (Å²) < 4.78 is 5.54. The molecule has 0 aliphatic carbocycles. The molecule has 1 fully saturated rings. The highest BCUT2D eigenvalue weighted by atomic mass is 16.5. The SMILES string of the molecule is CCC1(CC)CNCCN1Cc1ncc(C)c(OC)c1C. The zero-order chi connectivity index (χ0) is 15.5. The molecule has 0 aromatic carbocycles. The summed E-state index contributed by atoms with van der Waals surface area (Å²) in [6.45, 7) is 12.9. The van der Waals surface area contributed by atoms with Crippen LogP contribution in [0.1, 0.15) is 43.5 Å². The van der Waals surface area contributed by atoms with Crippen molar-refractivity contribution in [3.8, 4) is 5.75 Å². The fraction of sp³-hybridized carbons (Fsp3) is 0.706. The van der Waals surface area contributed by atoms with Crippen LogP contribution in [0.3, 0.4) is 0 Å². The molecule has 2 heterocycles. The molecule has 0 amide bonds. The molecule has 1 aliphatic heterocycles. The van der Waals surface area contributed by atoms with Crippen LogP contribution in [-0.2, 0) is 6.54 Å². The molecule has 1 N–H and O–H groups in total. The lowest BCUT2D eigenvalue weighted by atomic mass is 9.88. The normalized spacial score (nSPS) is 18.7. The number of methoxy groups -OCH3 is 1. The van der Waals surface area contributed by atoms with Gasteiger partial charge in [0, 0.05) is 49.0 Å². The smallest absolute Gasteiger partial charge is 0.128 e. The third kappa shape index (κ3) is 3.06. The number of pyridine rings is 1. The molecular formula is C17H29N3O. The number of hydrogen-bond donors (Lipinski definition) is 1. The van der Waals surface area contributed by atoms with Crippen LogP contribution in [0, 0.1) is 13.8 Å². The number of aryl methyl sites for hydroxylation is 1. The summed E-state index contributed by atoms with van der Waals surface area (Å²) in [6.07, 6.45) is 4.26. The molecule has 1 aromatic heterocycles. The Morgan fingerprint density at radius 1 is 1.33 bits per heavy atom. The second-order valence-electron chi connectivity index (χ2n) is 6.08. The Bertz CT molecular complexity index is 483. The van der Waals surface area contributed by atoms with Crippen molar-refractivity contribution >= 4 is 0 Å². The number of rotatable bonds is 5. The van der Waals surface area contributed by atoms with Gasteiger partial charge in [-0.05, 0) is 26.7 Å². The Hall–Kier alpha value is -1.13. The zero-order valence-electron chi connectivity index (χ0n) is 14.1. The van der Waals surface area contributed by atoms with Crippen LogP contribution in [0.25, 0.3) is 0 Å². The summed E-state index contributed by atoms with van der Waals surface area (Å²) in [6, 6.07) is 0. The largest absolute Gasteiger partial charge is 0.496 e. The third-order valence-electron chi connectivity index (χ3n) is 5.09. The van der Waals surface area contributed by atoms with Crippen LogP contribution in [0.5, 0.6) is 5.75 Å². The van der Waals surface area contributed by atoms with Crippen LogP contribution in [0.4, 0.5) is 0 Å². The van der Waals surface area contributed by atoms with Gasteiger partial charge in [0.05, 0.1) is 12.8 Å². The first-order valence-corrected chi connectivity index (χ1v) is 8.02. The molecule has 118 valence electrons. The molecule has 0 spiro atoms. The van der Waals surface area contributed by atoms with Gasteiger partial charge in [0.1, 0.15) is 5.75 Å². The lowest BCUT2D eigenvalue weighted by molar-refractivity contribution is 0.0434. The van der Waals surface area contributed by atoms with Gasteiger partial charge < -0.3 is 10.1 Å². The van der Waals surface area contributed by atoms with Gasteiger partial charge in [-0.1, -0.05) is 13.8 Å². The molecule has 1 saturated heterocycles. The zero-order valence-corrected chi connectivity index (χ0v) is 14.1. The van der Waals surface area contributed by atoms with E-state index in [-0.39, 0.29) is 5.54 Å². The van der Waals surface area contributed by atoms with E-state index >= 15 is 0 Å². The molecule has 1 aromatic rings. The van der Waals surface area contributed by atoms with Crippen LogP contribution in [0.2, 0.25) is 0 Å². The van der Waals surface area contributed by atoms with Crippen molar-refractivity contribution in [1.82, 2.24) is 15.2 Å². The maximum Gasteiger partial charge on any atom is 0.128 e. The fourth-order valence-corrected chi connectivity index (χ4v) is 3.49. The highest BCUT2D eigenvalue weighted by Gasteiger charge is 2.36. The first-order valence-electron chi connectivity index (χ1n) is 8.02. The molecule has 0 bridgehead atoms. The molecule has 0 radical (unpaired) electrons. The van der Waals surface area contributed by atoms with Gasteiger partial charge >= 0.3 is 0 Å². The number of nitrogens with zero attached hydrogens (tertiary/aromatic N) is 2. The molecule has 2 rings (SSSR count). The first-order chi connectivity index (χ1) is 10.1. The first kappa shape index (κ1) is 16.2. The quantitative estimate of drug-likeness (QED) is 0.905. The summed E-state index contributed by atoms with van der Waals surface area (Å²) in [5.74, 6) is 0.980. The Balaban J connectivity index is 2.28. The molecule has 21 heavy (non-hydrogen) atoms. The lowest BCUT2D eigenvalue weighted by Crippen LogP contribution is -2.60. The van der Waals surface area contributed by atoms with Crippen molar-refractivity contribution in [2.75, 3.05) is 26.7 Å². The van der Waals surface area contributed by atoms with E-state index in [1.807, 2.05) is 6.20 Å². The maximum atomic E-state index is 5.54. The lowest BCUT2D eigenvalue weighted by Gasteiger charge is -2.47. The Morgan fingerprint density at radius 2 is 2.05 bits per heavy atom. The fourth-order valence-electron chi connectivity index (χ4n) is 3.49. The van der Waals surface area contributed by atoms with E-state index in [4.69, 9.17) is 4.74 Å². The number of nitrogens with one attached hydrogen (secondary N) is 1. The predicted octanol–water partition coefficient (Wildman–Crippen LogP) is 2.67. The minimum absolute atomic E-state index is 0.254. The Labute approximate surface area is 128 Å². The standard InChI is InChI=1S/C17H29N3O/c1-6-17(7-2)12-18-8-9-20(17)11-15-14(4)16(21-5)13(3)10-19-15/h10,18H,6-9,11-12H2,1-5H3. The Morgan fingerprint density at radius 3 is 2.67 bits per heavy atom. The van der Waals surface area contributed by atoms with Crippen LogP contribution in [0.15, 0.2) is 6.20 Å². The molecule has 0 atom stereocenters. The summed E-state index contributed by atoms with van der Waals surface area (Å²) in [5, 5.41) is 3.55. The van der Waals surface area contributed by atoms with Crippen molar-refractivity contribution in [1.29, 1.82) is 0 Å². The van der Waals surface area contributed by atoms with Gasteiger partial charge in [-0.15, -0.1) is 0 Å². The second kappa shape index (κ2) is 6.75. The average molecular weight is 291 g/mol. The topological polar surface area (TPSA) is 37.4 Å². The summed E-state index contributed by atoms with van der Waals surface area (Å²) in [7, 11) is 1.74. The van der Waals surface area contributed by atoms with E-state index in [1.165, 1.54) is 18.4 Å².